The summed E-state index contributed by atoms with van der Waals surface area (Å²) in [4.78, 5) is 23.4. The summed E-state index contributed by atoms with van der Waals surface area (Å²) in [6.07, 6.45) is -1.77. The zero-order valence-electron chi connectivity index (χ0n) is 15.1. The van der Waals surface area contributed by atoms with Gasteiger partial charge in [0.15, 0.2) is 6.10 Å². The lowest BCUT2D eigenvalue weighted by atomic mass is 10.3. The SMILES string of the molecule is CC(C)OC(=O)[C@H](C)OC(=O)[C@H](C)N[PH](=O)Oc1c(F)c(F)c(F)c(F)c1F. The fourth-order valence-electron chi connectivity index (χ4n) is 1.68. The van der Waals surface area contributed by atoms with Crippen LogP contribution in [0, 0.1) is 29.1 Å². The van der Waals surface area contributed by atoms with Gasteiger partial charge in [-0.05, 0) is 27.7 Å². The Kier molecular flexibility index (Phi) is 8.37. The number of hydrogen-bond donors (Lipinski definition) is 1. The predicted octanol–water partition coefficient (Wildman–Crippen LogP) is 3.01. The number of hydrogen-bond acceptors (Lipinski definition) is 6. The first kappa shape index (κ1) is 23.8. The molecule has 0 aliphatic carbocycles. The number of ether oxygens (including phenoxy) is 2. The van der Waals surface area contributed by atoms with E-state index in [0.29, 0.717) is 0 Å². The van der Waals surface area contributed by atoms with E-state index in [-0.39, 0.29) is 0 Å². The average Bonchev–Trinajstić information content (AvgIpc) is 2.61. The Hall–Kier alpha value is -2.20. The van der Waals surface area contributed by atoms with E-state index in [1.807, 2.05) is 5.09 Å². The van der Waals surface area contributed by atoms with Crippen molar-refractivity contribution in [2.24, 2.45) is 0 Å². The Morgan fingerprint density at radius 1 is 0.821 bits per heavy atom. The first-order valence-electron chi connectivity index (χ1n) is 7.77. The lowest BCUT2D eigenvalue weighted by Crippen LogP contribution is -2.37. The predicted molar refractivity (Wildman–Crippen MR) is 85.2 cm³/mol. The van der Waals surface area contributed by atoms with Gasteiger partial charge >= 0.3 is 20.1 Å². The highest BCUT2D eigenvalue weighted by Crippen LogP contribution is 2.34. The molecule has 158 valence electrons. The van der Waals surface area contributed by atoms with Crippen LogP contribution in [0.1, 0.15) is 27.7 Å². The largest absolute Gasteiger partial charge is 0.460 e. The Labute approximate surface area is 157 Å². The molecule has 7 nitrogen and oxygen atoms in total. The van der Waals surface area contributed by atoms with Crippen LogP contribution in [0.4, 0.5) is 22.0 Å². The van der Waals surface area contributed by atoms with Gasteiger partial charge in [0, 0.05) is 0 Å². The van der Waals surface area contributed by atoms with Crippen molar-refractivity contribution in [2.45, 2.75) is 45.9 Å². The fraction of sp³-hybridized carbons (Fsp3) is 0.467. The van der Waals surface area contributed by atoms with Crippen molar-refractivity contribution in [3.63, 3.8) is 0 Å². The van der Waals surface area contributed by atoms with Gasteiger partial charge in [0.1, 0.15) is 6.04 Å². The van der Waals surface area contributed by atoms with E-state index in [4.69, 9.17) is 9.47 Å². The summed E-state index contributed by atoms with van der Waals surface area (Å²) in [5, 5.41) is 1.95. The molecule has 1 unspecified atom stereocenters. The summed E-state index contributed by atoms with van der Waals surface area (Å²) < 4.78 is 91.7. The molecular formula is C15H17F5NO6P. The molecule has 0 saturated heterocycles. The van der Waals surface area contributed by atoms with Crippen LogP contribution in [-0.4, -0.2) is 30.2 Å². The summed E-state index contributed by atoms with van der Waals surface area (Å²) >= 11 is 0. The van der Waals surface area contributed by atoms with E-state index in [1.165, 1.54) is 6.92 Å². The molecule has 0 aliphatic heterocycles. The van der Waals surface area contributed by atoms with Crippen molar-refractivity contribution in [1.29, 1.82) is 0 Å². The van der Waals surface area contributed by atoms with E-state index in [2.05, 4.69) is 4.52 Å². The number of benzene rings is 1. The molecule has 1 aromatic rings. The minimum absolute atomic E-state index is 0.463. The minimum atomic E-state index is -3.70. The first-order chi connectivity index (χ1) is 12.9. The number of rotatable bonds is 8. The third-order valence-electron chi connectivity index (χ3n) is 3.03. The second-order valence-electron chi connectivity index (χ2n) is 5.72. The van der Waals surface area contributed by atoms with E-state index in [0.717, 1.165) is 6.92 Å². The smallest absolute Gasteiger partial charge is 0.347 e. The Bertz CT molecular complexity index is 762. The maximum atomic E-state index is 13.5. The zero-order valence-corrected chi connectivity index (χ0v) is 16.1. The molecule has 28 heavy (non-hydrogen) atoms. The van der Waals surface area contributed by atoms with E-state index < -0.39 is 73.2 Å². The van der Waals surface area contributed by atoms with E-state index in [9.17, 15) is 36.1 Å². The van der Waals surface area contributed by atoms with Crippen molar-refractivity contribution in [1.82, 2.24) is 5.09 Å². The first-order valence-corrected chi connectivity index (χ1v) is 9.09. The molecular weight excluding hydrogens is 416 g/mol. The molecule has 0 heterocycles. The van der Waals surface area contributed by atoms with Crippen molar-refractivity contribution >= 4 is 20.1 Å². The summed E-state index contributed by atoms with van der Waals surface area (Å²) in [5.74, 6) is -15.3. The second-order valence-corrected chi connectivity index (χ2v) is 6.79. The van der Waals surface area contributed by atoms with Crippen LogP contribution in [0.2, 0.25) is 0 Å². The molecule has 0 aromatic heterocycles. The molecule has 0 fully saturated rings. The highest BCUT2D eigenvalue weighted by Gasteiger charge is 2.29. The summed E-state index contributed by atoms with van der Waals surface area (Å²) in [5.41, 5.74) is 0. The van der Waals surface area contributed by atoms with Crippen molar-refractivity contribution < 1.29 is 50.1 Å². The quantitative estimate of drug-likeness (QED) is 0.222. The monoisotopic (exact) mass is 433 g/mol. The summed E-state index contributed by atoms with van der Waals surface area (Å²) in [6, 6.07) is -1.41. The number of carbonyl (C=O) groups is 2. The standard InChI is InChI=1S/C15H17F5NO6P/c1-5(2)25-15(23)7(4)26-14(22)6(3)21-28(24)27-13-11(19)9(17)8(16)10(18)12(13)20/h5-7,28H,1-4H3,(H,21,24)/t6-,7-/m0/s1. The summed E-state index contributed by atoms with van der Waals surface area (Å²) in [6.45, 7) is 5.45. The molecule has 0 amide bonds. The molecule has 0 saturated carbocycles. The van der Waals surface area contributed by atoms with Crippen LogP contribution in [-0.2, 0) is 23.6 Å². The van der Waals surface area contributed by atoms with Crippen molar-refractivity contribution in [2.75, 3.05) is 0 Å². The third kappa shape index (κ3) is 5.90. The van der Waals surface area contributed by atoms with Crippen LogP contribution in [0.15, 0.2) is 0 Å². The van der Waals surface area contributed by atoms with Crippen LogP contribution < -0.4 is 9.61 Å². The van der Waals surface area contributed by atoms with Crippen LogP contribution >= 0.6 is 8.18 Å². The normalized spacial score (nSPS) is 14.4. The van der Waals surface area contributed by atoms with Gasteiger partial charge in [-0.1, -0.05) is 0 Å². The van der Waals surface area contributed by atoms with Crippen molar-refractivity contribution in [3.8, 4) is 5.75 Å². The Balaban J connectivity index is 2.76. The van der Waals surface area contributed by atoms with Gasteiger partial charge in [-0.25, -0.2) is 23.1 Å². The second kappa shape index (κ2) is 9.83. The maximum absolute atomic E-state index is 13.5. The molecule has 0 bridgehead atoms. The number of carbonyl (C=O) groups excluding carboxylic acids is 2. The van der Waals surface area contributed by atoms with Gasteiger partial charge in [0.05, 0.1) is 6.10 Å². The molecule has 0 spiro atoms. The lowest BCUT2D eigenvalue weighted by Gasteiger charge is -2.18. The summed E-state index contributed by atoms with van der Waals surface area (Å²) in [7, 11) is -3.70. The Morgan fingerprint density at radius 2 is 1.29 bits per heavy atom. The van der Waals surface area contributed by atoms with Gasteiger partial charge in [0.25, 0.3) is 0 Å². The number of halogens is 5. The van der Waals surface area contributed by atoms with Gasteiger partial charge in [0.2, 0.25) is 34.8 Å². The Morgan fingerprint density at radius 3 is 1.75 bits per heavy atom. The highest BCUT2D eigenvalue weighted by atomic mass is 31.1. The number of esters is 2. The molecule has 3 atom stereocenters. The number of nitrogens with one attached hydrogen (secondary N) is 1. The van der Waals surface area contributed by atoms with Gasteiger partial charge < -0.3 is 14.0 Å². The molecule has 1 aromatic carbocycles. The van der Waals surface area contributed by atoms with E-state index in [1.54, 1.807) is 13.8 Å². The van der Waals surface area contributed by atoms with E-state index >= 15 is 0 Å². The molecule has 0 aliphatic rings. The third-order valence-corrected chi connectivity index (χ3v) is 4.09. The van der Waals surface area contributed by atoms with Gasteiger partial charge in [-0.3, -0.25) is 9.36 Å². The zero-order chi connectivity index (χ0) is 21.8. The molecule has 1 rings (SSSR count). The highest BCUT2D eigenvalue weighted by molar-refractivity contribution is 7.37. The average molecular weight is 433 g/mol. The van der Waals surface area contributed by atoms with Gasteiger partial charge in [-0.15, -0.1) is 0 Å². The molecule has 13 heteroatoms. The van der Waals surface area contributed by atoms with Crippen LogP contribution in [0.25, 0.3) is 0 Å². The topological polar surface area (TPSA) is 90.9 Å². The molecule has 1 N–H and O–H groups in total. The van der Waals surface area contributed by atoms with Crippen molar-refractivity contribution in [3.05, 3.63) is 29.1 Å². The van der Waals surface area contributed by atoms with Gasteiger partial charge in [-0.2, -0.15) is 8.78 Å². The maximum Gasteiger partial charge on any atom is 0.347 e. The minimum Gasteiger partial charge on any atom is -0.460 e. The van der Waals surface area contributed by atoms with Crippen LogP contribution in [0.5, 0.6) is 5.75 Å². The fourth-order valence-corrected chi connectivity index (χ4v) is 2.58. The lowest BCUT2D eigenvalue weighted by molar-refractivity contribution is -0.169. The molecule has 0 radical (unpaired) electrons. The van der Waals surface area contributed by atoms with Crippen LogP contribution in [0.3, 0.4) is 0 Å².